The summed E-state index contributed by atoms with van der Waals surface area (Å²) in [6, 6.07) is 0. The Labute approximate surface area is 78.2 Å². The van der Waals surface area contributed by atoms with Gasteiger partial charge in [-0.3, -0.25) is 0 Å². The molecule has 0 radical (unpaired) electrons. The second-order valence-corrected chi connectivity index (χ2v) is 3.48. The fourth-order valence-electron chi connectivity index (χ4n) is 1.79. The predicted octanol–water partition coefficient (Wildman–Crippen LogP) is 1.23. The second-order valence-electron chi connectivity index (χ2n) is 3.48. The maximum absolute atomic E-state index is 11.5. The first-order valence-electron chi connectivity index (χ1n) is 4.83. The molecule has 0 unspecified atom stereocenters. The van der Waals surface area contributed by atoms with Crippen molar-refractivity contribution in [3.8, 4) is 0 Å². The van der Waals surface area contributed by atoms with E-state index in [1.165, 1.54) is 0 Å². The van der Waals surface area contributed by atoms with Gasteiger partial charge in [0.25, 0.3) is 0 Å². The van der Waals surface area contributed by atoms with E-state index in [1.807, 2.05) is 0 Å². The number of hydroxylamine groups is 1. The van der Waals surface area contributed by atoms with E-state index in [4.69, 9.17) is 9.94 Å². The monoisotopic (exact) mass is 187 g/mol. The third-order valence-corrected chi connectivity index (χ3v) is 2.59. The van der Waals surface area contributed by atoms with Gasteiger partial charge in [-0.25, -0.2) is 4.79 Å². The van der Waals surface area contributed by atoms with Gasteiger partial charge < -0.3 is 9.94 Å². The van der Waals surface area contributed by atoms with Gasteiger partial charge in [0.15, 0.2) is 0 Å². The molecule has 0 bridgehead atoms. The van der Waals surface area contributed by atoms with Crippen molar-refractivity contribution in [1.29, 1.82) is 0 Å². The summed E-state index contributed by atoms with van der Waals surface area (Å²) in [6.45, 7) is 2.13. The number of carbonyl (C=O) groups is 1. The van der Waals surface area contributed by atoms with Crippen LogP contribution < -0.4 is 5.48 Å². The summed E-state index contributed by atoms with van der Waals surface area (Å²) in [5, 5.41) is 8.99. The minimum absolute atomic E-state index is 0.322. The number of rotatable bonds is 3. The van der Waals surface area contributed by atoms with Gasteiger partial charge in [0.1, 0.15) is 5.54 Å². The SMILES string of the molecule is CCOC(=O)C1(NO)CCCCC1. The van der Waals surface area contributed by atoms with E-state index in [9.17, 15) is 4.79 Å². The van der Waals surface area contributed by atoms with E-state index in [-0.39, 0.29) is 5.97 Å². The molecule has 0 aromatic carbocycles. The summed E-state index contributed by atoms with van der Waals surface area (Å²) in [5.74, 6) is -0.322. The summed E-state index contributed by atoms with van der Waals surface area (Å²) in [4.78, 5) is 11.5. The van der Waals surface area contributed by atoms with Crippen LogP contribution in [0.5, 0.6) is 0 Å². The molecule has 1 aliphatic rings. The molecule has 76 valence electrons. The Bertz CT molecular complexity index is 176. The van der Waals surface area contributed by atoms with E-state index in [0.717, 1.165) is 19.3 Å². The predicted molar refractivity (Wildman–Crippen MR) is 47.4 cm³/mol. The Hall–Kier alpha value is -0.610. The first-order valence-corrected chi connectivity index (χ1v) is 4.83. The molecule has 1 fully saturated rings. The molecule has 1 saturated carbocycles. The van der Waals surface area contributed by atoms with Gasteiger partial charge in [-0.15, -0.1) is 0 Å². The lowest BCUT2D eigenvalue weighted by Crippen LogP contribution is -2.52. The molecule has 0 spiro atoms. The van der Waals surface area contributed by atoms with Crippen molar-refractivity contribution in [2.24, 2.45) is 0 Å². The highest BCUT2D eigenvalue weighted by molar-refractivity contribution is 5.80. The summed E-state index contributed by atoms with van der Waals surface area (Å²) < 4.78 is 4.91. The minimum Gasteiger partial charge on any atom is -0.465 e. The van der Waals surface area contributed by atoms with Crippen molar-refractivity contribution in [2.75, 3.05) is 6.61 Å². The van der Waals surface area contributed by atoms with E-state index in [1.54, 1.807) is 6.92 Å². The Morgan fingerprint density at radius 2 is 2.08 bits per heavy atom. The molecule has 0 heterocycles. The van der Waals surface area contributed by atoms with Crippen LogP contribution in [-0.2, 0) is 9.53 Å². The molecule has 0 aromatic heterocycles. The Morgan fingerprint density at radius 3 is 2.54 bits per heavy atom. The fourth-order valence-corrected chi connectivity index (χ4v) is 1.79. The van der Waals surface area contributed by atoms with Crippen LogP contribution in [0, 0.1) is 0 Å². The molecule has 0 atom stereocenters. The van der Waals surface area contributed by atoms with Gasteiger partial charge >= 0.3 is 5.97 Å². The zero-order chi connectivity index (χ0) is 9.73. The van der Waals surface area contributed by atoms with E-state index in [0.29, 0.717) is 19.4 Å². The average molecular weight is 187 g/mol. The van der Waals surface area contributed by atoms with Crippen molar-refractivity contribution < 1.29 is 14.7 Å². The molecule has 0 aliphatic heterocycles. The smallest absolute Gasteiger partial charge is 0.328 e. The van der Waals surface area contributed by atoms with E-state index >= 15 is 0 Å². The first kappa shape index (κ1) is 10.5. The second kappa shape index (κ2) is 4.58. The number of nitrogens with one attached hydrogen (secondary N) is 1. The molecule has 0 aromatic rings. The summed E-state index contributed by atoms with van der Waals surface area (Å²) in [6.07, 6.45) is 4.40. The zero-order valence-corrected chi connectivity index (χ0v) is 8.01. The quantitative estimate of drug-likeness (QED) is 0.515. The van der Waals surface area contributed by atoms with Crippen LogP contribution >= 0.6 is 0 Å². The lowest BCUT2D eigenvalue weighted by atomic mass is 9.82. The van der Waals surface area contributed by atoms with Gasteiger partial charge in [-0.1, -0.05) is 19.3 Å². The first-order chi connectivity index (χ1) is 6.25. The highest BCUT2D eigenvalue weighted by atomic mass is 16.5. The minimum atomic E-state index is -0.825. The van der Waals surface area contributed by atoms with Crippen LogP contribution in [0.2, 0.25) is 0 Å². The molecule has 13 heavy (non-hydrogen) atoms. The molecule has 4 heteroatoms. The lowest BCUT2D eigenvalue weighted by molar-refractivity contribution is -0.158. The van der Waals surface area contributed by atoms with Crippen LogP contribution in [0.1, 0.15) is 39.0 Å². The van der Waals surface area contributed by atoms with Crippen molar-refractivity contribution in [1.82, 2.24) is 5.48 Å². The van der Waals surface area contributed by atoms with Crippen LogP contribution in [0.4, 0.5) is 0 Å². The van der Waals surface area contributed by atoms with Crippen LogP contribution in [0.3, 0.4) is 0 Å². The van der Waals surface area contributed by atoms with Gasteiger partial charge in [-0.2, -0.15) is 5.48 Å². The van der Waals surface area contributed by atoms with Crippen LogP contribution in [0.25, 0.3) is 0 Å². The van der Waals surface area contributed by atoms with Crippen molar-refractivity contribution >= 4 is 5.97 Å². The number of ether oxygens (including phenoxy) is 1. The lowest BCUT2D eigenvalue weighted by Gasteiger charge is -2.32. The van der Waals surface area contributed by atoms with Crippen molar-refractivity contribution in [3.05, 3.63) is 0 Å². The van der Waals surface area contributed by atoms with Gasteiger partial charge in [-0.05, 0) is 19.8 Å². The third-order valence-electron chi connectivity index (χ3n) is 2.59. The maximum Gasteiger partial charge on any atom is 0.328 e. The highest BCUT2D eigenvalue weighted by Gasteiger charge is 2.40. The molecular formula is C9H17NO3. The molecule has 0 amide bonds. The van der Waals surface area contributed by atoms with Gasteiger partial charge in [0, 0.05) is 0 Å². The number of hydrogen-bond donors (Lipinski definition) is 2. The normalized spacial score (nSPS) is 21.1. The number of carbonyl (C=O) groups excluding carboxylic acids is 1. The molecular weight excluding hydrogens is 170 g/mol. The van der Waals surface area contributed by atoms with Gasteiger partial charge in [0.05, 0.1) is 6.61 Å². The zero-order valence-electron chi connectivity index (χ0n) is 8.01. The maximum atomic E-state index is 11.5. The number of esters is 1. The topological polar surface area (TPSA) is 58.6 Å². The molecule has 0 saturated heterocycles. The fraction of sp³-hybridized carbons (Fsp3) is 0.889. The summed E-state index contributed by atoms with van der Waals surface area (Å²) >= 11 is 0. The number of hydrogen-bond acceptors (Lipinski definition) is 4. The molecule has 1 rings (SSSR count). The Morgan fingerprint density at radius 1 is 1.46 bits per heavy atom. The Kier molecular flexibility index (Phi) is 3.69. The highest BCUT2D eigenvalue weighted by Crippen LogP contribution is 2.28. The Balaban J connectivity index is 2.61. The molecule has 1 aliphatic carbocycles. The summed E-state index contributed by atoms with van der Waals surface area (Å²) in [7, 11) is 0. The summed E-state index contributed by atoms with van der Waals surface area (Å²) in [5.41, 5.74) is 1.30. The molecule has 4 nitrogen and oxygen atoms in total. The van der Waals surface area contributed by atoms with Crippen molar-refractivity contribution in [3.63, 3.8) is 0 Å². The van der Waals surface area contributed by atoms with Crippen molar-refractivity contribution in [2.45, 2.75) is 44.6 Å². The van der Waals surface area contributed by atoms with E-state index < -0.39 is 5.54 Å². The standard InChI is InChI=1S/C9H17NO3/c1-2-13-8(11)9(10-12)6-4-3-5-7-9/h10,12H,2-7H2,1H3. The van der Waals surface area contributed by atoms with E-state index in [2.05, 4.69) is 5.48 Å². The molecule has 2 N–H and O–H groups in total. The third kappa shape index (κ3) is 2.19. The van der Waals surface area contributed by atoms with Gasteiger partial charge in [0.2, 0.25) is 0 Å². The average Bonchev–Trinajstić information content (AvgIpc) is 2.19. The van der Waals surface area contributed by atoms with Crippen LogP contribution in [0.15, 0.2) is 0 Å². The largest absolute Gasteiger partial charge is 0.465 e. The van der Waals surface area contributed by atoms with Crippen LogP contribution in [-0.4, -0.2) is 23.3 Å².